The lowest BCUT2D eigenvalue weighted by Crippen LogP contribution is -2.62. The number of rotatable bonds is 6. The Hall–Kier alpha value is -1.87. The van der Waals surface area contributed by atoms with Crippen molar-refractivity contribution in [2.75, 3.05) is 0 Å². The van der Waals surface area contributed by atoms with E-state index in [2.05, 4.69) is 0 Å². The molecule has 0 aliphatic heterocycles. The molecule has 0 unspecified atom stereocenters. The van der Waals surface area contributed by atoms with Crippen molar-refractivity contribution in [2.24, 2.45) is 0 Å². The van der Waals surface area contributed by atoms with Crippen LogP contribution in [0.3, 0.4) is 0 Å². The van der Waals surface area contributed by atoms with Crippen molar-refractivity contribution in [3.05, 3.63) is 58.2 Å². The normalized spacial score (nSPS) is 18.6. The highest BCUT2D eigenvalue weighted by Crippen LogP contribution is 2.50. The van der Waals surface area contributed by atoms with E-state index < -0.39 is 39.1 Å². The summed E-state index contributed by atoms with van der Waals surface area (Å²) in [5, 5.41) is 0. The highest BCUT2D eigenvalue weighted by molar-refractivity contribution is 6.69. The molecule has 0 atom stereocenters. The molecule has 0 saturated heterocycles. The molecule has 2 rings (SSSR count). The monoisotopic (exact) mass is 450 g/mol. The number of carbonyl (C=O) groups is 1. The third-order valence-corrected chi connectivity index (χ3v) is 5.83. The zero-order valence-corrected chi connectivity index (χ0v) is 18.4. The second-order valence-electron chi connectivity index (χ2n) is 8.38. The van der Waals surface area contributed by atoms with Crippen LogP contribution in [0.25, 0.3) is 0 Å². The maximum atomic E-state index is 13.6. The van der Waals surface area contributed by atoms with Gasteiger partial charge in [-0.3, -0.25) is 4.79 Å². The van der Waals surface area contributed by atoms with Gasteiger partial charge < -0.3 is 4.43 Å². The quantitative estimate of drug-likeness (QED) is 0.331. The van der Waals surface area contributed by atoms with E-state index in [1.165, 1.54) is 31.8 Å². The number of alkyl halides is 6. The first-order valence-corrected chi connectivity index (χ1v) is 12.8. The lowest BCUT2D eigenvalue weighted by molar-refractivity contribution is -0.362. The van der Waals surface area contributed by atoms with E-state index in [9.17, 15) is 31.1 Å². The van der Waals surface area contributed by atoms with Crippen LogP contribution in [0.15, 0.2) is 58.2 Å². The van der Waals surface area contributed by atoms with E-state index in [1.807, 2.05) is 0 Å². The Morgan fingerprint density at radius 3 is 2.10 bits per heavy atom. The Bertz CT molecular complexity index is 863. The minimum absolute atomic E-state index is 0.189. The van der Waals surface area contributed by atoms with E-state index >= 15 is 0 Å². The van der Waals surface area contributed by atoms with Gasteiger partial charge in [-0.1, -0.05) is 18.2 Å². The van der Waals surface area contributed by atoms with Crippen molar-refractivity contribution >= 4 is 14.1 Å². The van der Waals surface area contributed by atoms with Gasteiger partial charge in [-0.05, 0) is 80.8 Å². The summed E-state index contributed by atoms with van der Waals surface area (Å²) < 4.78 is 86.5. The first-order valence-electron chi connectivity index (χ1n) is 9.37. The fourth-order valence-corrected chi connectivity index (χ4v) is 4.93. The van der Waals surface area contributed by atoms with Gasteiger partial charge in [-0.2, -0.15) is 26.3 Å². The van der Waals surface area contributed by atoms with Crippen molar-refractivity contribution in [3.63, 3.8) is 0 Å². The van der Waals surface area contributed by atoms with Crippen LogP contribution in [0.5, 0.6) is 0 Å². The molecule has 0 bridgehead atoms. The Morgan fingerprint density at radius 1 is 1.03 bits per heavy atom. The predicted molar refractivity (Wildman–Crippen MR) is 105 cm³/mol. The highest BCUT2D eigenvalue weighted by atomic mass is 28.4. The van der Waals surface area contributed by atoms with Gasteiger partial charge in [0.15, 0.2) is 14.1 Å². The SMILES string of the molecule is CC1=C2C(=CC=C2/C(C)=C/CCC(O[Si](C)(C)C)(C(F)(F)F)C(F)(F)F)C(=O)C=C1. The van der Waals surface area contributed by atoms with E-state index in [4.69, 9.17) is 4.43 Å². The second-order valence-corrected chi connectivity index (χ2v) is 12.8. The van der Waals surface area contributed by atoms with Gasteiger partial charge in [0.1, 0.15) is 0 Å². The summed E-state index contributed by atoms with van der Waals surface area (Å²) in [6, 6.07) is 0. The topological polar surface area (TPSA) is 26.3 Å². The van der Waals surface area contributed by atoms with Gasteiger partial charge >= 0.3 is 12.4 Å². The Labute approximate surface area is 172 Å². The fourth-order valence-electron chi connectivity index (χ4n) is 3.55. The first-order chi connectivity index (χ1) is 13.5. The Morgan fingerprint density at radius 2 is 1.60 bits per heavy atom. The number of hydrogen-bond donors (Lipinski definition) is 0. The van der Waals surface area contributed by atoms with Gasteiger partial charge in [-0.15, -0.1) is 0 Å². The minimum atomic E-state index is -5.60. The molecule has 30 heavy (non-hydrogen) atoms. The lowest BCUT2D eigenvalue weighted by Gasteiger charge is -2.41. The zero-order valence-electron chi connectivity index (χ0n) is 17.4. The molecule has 0 aromatic heterocycles. The number of allylic oxidation sites excluding steroid dienone is 10. The average Bonchev–Trinajstić information content (AvgIpc) is 3.00. The van der Waals surface area contributed by atoms with Gasteiger partial charge in [0.25, 0.3) is 0 Å². The molecule has 0 radical (unpaired) electrons. The number of carbonyl (C=O) groups excluding carboxylic acids is 1. The summed E-state index contributed by atoms with van der Waals surface area (Å²) >= 11 is 0. The summed E-state index contributed by atoms with van der Waals surface area (Å²) in [5.74, 6) is -0.189. The second kappa shape index (κ2) is 7.99. The molecule has 0 N–H and O–H groups in total. The number of fused-ring (bicyclic) bond motifs is 1. The van der Waals surface area contributed by atoms with E-state index in [1.54, 1.807) is 32.1 Å². The van der Waals surface area contributed by atoms with Gasteiger partial charge in [0, 0.05) is 5.57 Å². The summed E-state index contributed by atoms with van der Waals surface area (Å²) in [5.41, 5.74) is -1.15. The molecule has 0 fully saturated rings. The zero-order chi connectivity index (χ0) is 23.1. The van der Waals surface area contributed by atoms with Gasteiger partial charge in [-0.25, -0.2) is 0 Å². The fraction of sp³-hybridized carbons (Fsp3) is 0.476. The molecule has 2 aliphatic carbocycles. The molecule has 2 nitrogen and oxygen atoms in total. The van der Waals surface area contributed by atoms with Crippen LogP contribution in [0.1, 0.15) is 26.7 Å². The molecule has 166 valence electrons. The smallest absolute Gasteiger partial charge is 0.397 e. The molecule has 0 spiro atoms. The summed E-state index contributed by atoms with van der Waals surface area (Å²) in [7, 11) is -3.19. The summed E-state index contributed by atoms with van der Waals surface area (Å²) in [6.07, 6.45) is -5.29. The van der Waals surface area contributed by atoms with Gasteiger partial charge in [0.2, 0.25) is 5.60 Å². The average molecular weight is 450 g/mol. The van der Waals surface area contributed by atoms with E-state index in [0.717, 1.165) is 5.57 Å². The van der Waals surface area contributed by atoms with Crippen molar-refractivity contribution in [3.8, 4) is 0 Å². The minimum Gasteiger partial charge on any atom is -0.397 e. The molecule has 2 aliphatic rings. The van der Waals surface area contributed by atoms with Crippen LogP contribution in [-0.4, -0.2) is 32.1 Å². The molecule has 0 amide bonds. The molecule has 0 saturated carbocycles. The van der Waals surface area contributed by atoms with Crippen LogP contribution in [0.2, 0.25) is 19.6 Å². The van der Waals surface area contributed by atoms with Crippen LogP contribution in [-0.2, 0) is 9.22 Å². The van der Waals surface area contributed by atoms with Crippen molar-refractivity contribution in [1.82, 2.24) is 0 Å². The summed E-state index contributed by atoms with van der Waals surface area (Å²) in [4.78, 5) is 12.0. The maximum absolute atomic E-state index is 13.6. The third-order valence-electron chi connectivity index (χ3n) is 4.87. The number of ketones is 1. The molecule has 0 heterocycles. The third kappa shape index (κ3) is 4.72. The Balaban J connectivity index is 2.31. The molecular weight excluding hydrogens is 426 g/mol. The molecule has 0 aromatic rings. The van der Waals surface area contributed by atoms with Crippen LogP contribution < -0.4 is 0 Å². The van der Waals surface area contributed by atoms with Crippen LogP contribution in [0, 0.1) is 0 Å². The molecule has 9 heteroatoms. The maximum Gasteiger partial charge on any atom is 0.425 e. The van der Waals surface area contributed by atoms with E-state index in [0.29, 0.717) is 22.3 Å². The van der Waals surface area contributed by atoms with Crippen LogP contribution in [0.4, 0.5) is 26.3 Å². The lowest BCUT2D eigenvalue weighted by atomic mass is 9.87. The highest BCUT2D eigenvalue weighted by Gasteiger charge is 2.72. The van der Waals surface area contributed by atoms with E-state index in [-0.39, 0.29) is 5.78 Å². The number of halogens is 6. The summed E-state index contributed by atoms with van der Waals surface area (Å²) in [6.45, 7) is 7.27. The van der Waals surface area contributed by atoms with Crippen molar-refractivity contribution in [1.29, 1.82) is 0 Å². The Kier molecular flexibility index (Phi) is 6.50. The number of hydrogen-bond acceptors (Lipinski definition) is 2. The first kappa shape index (κ1) is 24.4. The van der Waals surface area contributed by atoms with Crippen molar-refractivity contribution in [2.45, 2.75) is 64.3 Å². The largest absolute Gasteiger partial charge is 0.425 e. The predicted octanol–water partition coefficient (Wildman–Crippen LogP) is 6.75. The van der Waals surface area contributed by atoms with Crippen LogP contribution >= 0.6 is 0 Å². The molecular formula is C21H24F6O2Si. The standard InChI is InChI=1S/C21H24F6O2Si/c1-13(15-9-10-16-17(28)11-8-14(2)18(15)16)7-6-12-19(20(22,23)24,21(25,26)27)29-30(3,4)5/h7-11H,6,12H2,1-5H3/b13-7+. The molecule has 0 aromatic carbocycles. The van der Waals surface area contributed by atoms with Gasteiger partial charge in [0.05, 0.1) is 0 Å². The van der Waals surface area contributed by atoms with Crippen molar-refractivity contribution < 1.29 is 35.6 Å².